The van der Waals surface area contributed by atoms with Crippen molar-refractivity contribution < 1.29 is 4.79 Å². The molecule has 4 nitrogen and oxygen atoms in total. The summed E-state index contributed by atoms with van der Waals surface area (Å²) < 4.78 is 1.82. The average Bonchev–Trinajstić information content (AvgIpc) is 3.44. The number of carbonyl (C=O) groups is 1. The minimum Gasteiger partial charge on any atom is -0.372 e. The molecule has 0 fully saturated rings. The van der Waals surface area contributed by atoms with Gasteiger partial charge in [0.05, 0.1) is 6.20 Å². The molecular formula is C41H57N3O. The number of anilines is 1. The quantitative estimate of drug-likeness (QED) is 0.163. The lowest BCUT2D eigenvalue weighted by Gasteiger charge is -2.27. The van der Waals surface area contributed by atoms with Crippen molar-refractivity contribution in [2.75, 3.05) is 18.0 Å². The minimum atomic E-state index is 0.282. The van der Waals surface area contributed by atoms with Crippen molar-refractivity contribution in [3.05, 3.63) is 89.8 Å². The minimum absolute atomic E-state index is 0.282. The number of allylic oxidation sites excluding steroid dienone is 4. The molecule has 3 unspecified atom stereocenters. The first kappa shape index (κ1) is 34.5. The van der Waals surface area contributed by atoms with Gasteiger partial charge in [-0.05, 0) is 96.8 Å². The van der Waals surface area contributed by atoms with Gasteiger partial charge in [0.2, 0.25) is 0 Å². The molecule has 45 heavy (non-hydrogen) atoms. The molecule has 0 spiro atoms. The van der Waals surface area contributed by atoms with Crippen LogP contribution in [0.5, 0.6) is 0 Å². The lowest BCUT2D eigenvalue weighted by molar-refractivity contribution is -0.114. The first-order chi connectivity index (χ1) is 21.9. The van der Waals surface area contributed by atoms with E-state index < -0.39 is 0 Å². The summed E-state index contributed by atoms with van der Waals surface area (Å²) in [5.74, 6) is 1.75. The number of Topliss-reactive ketones (excluding diaryl/α,β-unsaturated/α-hetero) is 1. The summed E-state index contributed by atoms with van der Waals surface area (Å²) in [5.41, 5.74) is 8.28. The second-order valence-electron chi connectivity index (χ2n) is 13.3. The highest BCUT2D eigenvalue weighted by Gasteiger charge is 2.30. The Kier molecular flexibility index (Phi) is 13.3. The number of hydrogen-bond acceptors (Lipinski definition) is 3. The van der Waals surface area contributed by atoms with Gasteiger partial charge in [-0.25, -0.2) is 0 Å². The number of nitrogens with zero attached hydrogens (tertiary/aromatic N) is 3. The molecule has 4 heteroatoms. The molecule has 0 amide bonds. The number of ketones is 1. The van der Waals surface area contributed by atoms with Gasteiger partial charge in [-0.2, -0.15) is 5.10 Å². The van der Waals surface area contributed by atoms with Crippen LogP contribution in [0.3, 0.4) is 0 Å². The number of hydrogen-bond donors (Lipinski definition) is 0. The summed E-state index contributed by atoms with van der Waals surface area (Å²) in [6, 6.07) is 17.8. The molecule has 1 aliphatic rings. The van der Waals surface area contributed by atoms with Crippen LogP contribution in [0.15, 0.2) is 78.6 Å². The molecule has 3 atom stereocenters. The molecule has 3 aromatic rings. The van der Waals surface area contributed by atoms with Crippen LogP contribution in [0.2, 0.25) is 0 Å². The lowest BCUT2D eigenvalue weighted by Crippen LogP contribution is -2.25. The Morgan fingerprint density at radius 1 is 0.933 bits per heavy atom. The number of aryl methyl sites for hydroxylation is 2. The Morgan fingerprint density at radius 2 is 1.67 bits per heavy atom. The third kappa shape index (κ3) is 9.55. The summed E-state index contributed by atoms with van der Waals surface area (Å²) in [4.78, 5) is 16.2. The van der Waals surface area contributed by atoms with E-state index in [4.69, 9.17) is 0 Å². The molecule has 4 rings (SSSR count). The molecule has 242 valence electrons. The first-order valence-electron chi connectivity index (χ1n) is 17.7. The maximum Gasteiger partial charge on any atom is 0.163 e. The van der Waals surface area contributed by atoms with Gasteiger partial charge in [-0.15, -0.1) is 0 Å². The molecule has 0 radical (unpaired) electrons. The highest BCUT2D eigenvalue weighted by Crippen LogP contribution is 2.39. The first-order valence-corrected chi connectivity index (χ1v) is 17.7. The molecule has 0 N–H and O–H groups in total. The third-order valence-corrected chi connectivity index (χ3v) is 9.73. The zero-order valence-corrected chi connectivity index (χ0v) is 28.9. The monoisotopic (exact) mass is 607 g/mol. The Morgan fingerprint density at radius 3 is 2.29 bits per heavy atom. The van der Waals surface area contributed by atoms with Crippen molar-refractivity contribution >= 4 is 17.0 Å². The second kappa shape index (κ2) is 17.3. The molecule has 1 heterocycles. The van der Waals surface area contributed by atoms with E-state index in [1.54, 1.807) is 0 Å². The van der Waals surface area contributed by atoms with E-state index in [0.29, 0.717) is 24.2 Å². The predicted molar refractivity (Wildman–Crippen MR) is 192 cm³/mol. The van der Waals surface area contributed by atoms with Crippen LogP contribution >= 0.6 is 0 Å². The maximum absolute atomic E-state index is 13.7. The summed E-state index contributed by atoms with van der Waals surface area (Å²) in [6.07, 6.45) is 19.5. The number of benzene rings is 2. The van der Waals surface area contributed by atoms with Crippen molar-refractivity contribution in [3.63, 3.8) is 0 Å². The van der Waals surface area contributed by atoms with Gasteiger partial charge in [-0.1, -0.05) is 96.4 Å². The van der Waals surface area contributed by atoms with Crippen LogP contribution < -0.4 is 4.90 Å². The van der Waals surface area contributed by atoms with E-state index in [0.717, 1.165) is 61.0 Å². The van der Waals surface area contributed by atoms with Crippen molar-refractivity contribution in [1.29, 1.82) is 0 Å². The average molecular weight is 608 g/mol. The van der Waals surface area contributed by atoms with Crippen LogP contribution in [0.1, 0.15) is 104 Å². The third-order valence-electron chi connectivity index (χ3n) is 9.73. The lowest BCUT2D eigenvalue weighted by atomic mass is 9.78. The van der Waals surface area contributed by atoms with Gasteiger partial charge < -0.3 is 4.90 Å². The summed E-state index contributed by atoms with van der Waals surface area (Å²) in [5, 5.41) is 4.31. The Hall–Kier alpha value is -3.40. The van der Waals surface area contributed by atoms with E-state index in [2.05, 4.69) is 105 Å². The fourth-order valence-corrected chi connectivity index (χ4v) is 6.93. The smallest absolute Gasteiger partial charge is 0.163 e. The van der Waals surface area contributed by atoms with Crippen LogP contribution in [0.4, 0.5) is 5.69 Å². The van der Waals surface area contributed by atoms with E-state index in [1.165, 1.54) is 48.9 Å². The molecule has 0 bridgehead atoms. The largest absolute Gasteiger partial charge is 0.372 e. The molecule has 0 aliphatic heterocycles. The second-order valence-corrected chi connectivity index (χ2v) is 13.3. The molecule has 2 aromatic carbocycles. The topological polar surface area (TPSA) is 38.1 Å². The van der Waals surface area contributed by atoms with Crippen LogP contribution in [-0.2, 0) is 18.3 Å². The van der Waals surface area contributed by atoms with Crippen LogP contribution in [0.25, 0.3) is 16.7 Å². The number of rotatable bonds is 16. The highest BCUT2D eigenvalue weighted by molar-refractivity contribution is 6.21. The Bertz CT molecular complexity index is 1400. The molecule has 0 saturated carbocycles. The summed E-state index contributed by atoms with van der Waals surface area (Å²) >= 11 is 0. The van der Waals surface area contributed by atoms with Crippen molar-refractivity contribution in [3.8, 4) is 11.1 Å². The Balaban J connectivity index is 1.41. The summed E-state index contributed by atoms with van der Waals surface area (Å²) in [7, 11) is 1.93. The molecular weight excluding hydrogens is 550 g/mol. The van der Waals surface area contributed by atoms with E-state index >= 15 is 0 Å². The van der Waals surface area contributed by atoms with E-state index in [9.17, 15) is 4.79 Å². The van der Waals surface area contributed by atoms with Crippen LogP contribution in [-0.4, -0.2) is 28.7 Å². The van der Waals surface area contributed by atoms with Gasteiger partial charge in [0.15, 0.2) is 5.78 Å². The Labute approximate surface area is 273 Å². The van der Waals surface area contributed by atoms with Crippen molar-refractivity contribution in [2.24, 2.45) is 24.8 Å². The fourth-order valence-electron chi connectivity index (χ4n) is 6.93. The fraction of sp³-hybridized carbons (Fsp3) is 0.512. The SMILES string of the molecule is CC/C=C1/C=C(c2ccc(-c3cnn(C)c3)cc2)C(=O)CC(CC)C1CCC(C)CCc1ccc(N(CCC)CCCC)cc1. The number of carbonyl (C=O) groups excluding carboxylic acids is 1. The van der Waals surface area contributed by atoms with Gasteiger partial charge in [0.25, 0.3) is 0 Å². The van der Waals surface area contributed by atoms with Crippen molar-refractivity contribution in [1.82, 2.24) is 9.78 Å². The van der Waals surface area contributed by atoms with Gasteiger partial charge in [0.1, 0.15) is 0 Å². The van der Waals surface area contributed by atoms with E-state index in [-0.39, 0.29) is 5.78 Å². The van der Waals surface area contributed by atoms with Gasteiger partial charge in [-0.3, -0.25) is 9.48 Å². The normalized spacial score (nSPS) is 18.6. The van der Waals surface area contributed by atoms with Crippen LogP contribution in [0, 0.1) is 17.8 Å². The maximum atomic E-state index is 13.7. The summed E-state index contributed by atoms with van der Waals surface area (Å²) in [6.45, 7) is 13.7. The number of unbranched alkanes of at least 4 members (excludes halogenated alkanes) is 1. The molecule has 1 aliphatic carbocycles. The van der Waals surface area contributed by atoms with Gasteiger partial charge in [0, 0.05) is 49.6 Å². The standard InChI is InChI=1S/C41H57N3O/c1-7-11-26-44(25-9-3)38-22-16-32(17-23-38)15-13-31(5)14-24-39-33(10-4)28-41(45)40(27-36(39)12-8-2)35-20-18-34(19-21-35)37-29-42-43(6)30-37/h12,16-23,27,29-31,33,39H,7-11,13-15,24-26,28H2,1-6H3/b36-12-. The highest BCUT2D eigenvalue weighted by atomic mass is 16.1. The van der Waals surface area contributed by atoms with E-state index in [1.807, 2.05) is 24.1 Å². The zero-order chi connectivity index (χ0) is 32.2. The predicted octanol–water partition coefficient (Wildman–Crippen LogP) is 10.5. The molecule has 1 aromatic heterocycles. The number of aromatic nitrogens is 2. The molecule has 0 saturated heterocycles. The van der Waals surface area contributed by atoms with Crippen molar-refractivity contribution in [2.45, 2.75) is 98.8 Å². The zero-order valence-electron chi connectivity index (χ0n) is 28.9. The van der Waals surface area contributed by atoms with Gasteiger partial charge >= 0.3 is 0 Å².